The van der Waals surface area contributed by atoms with E-state index in [-0.39, 0.29) is 5.56 Å². The van der Waals surface area contributed by atoms with E-state index in [0.717, 1.165) is 23.2 Å². The van der Waals surface area contributed by atoms with Crippen LogP contribution in [0.3, 0.4) is 0 Å². The number of aryl methyl sites for hydroxylation is 3. The number of benzene rings is 1. The summed E-state index contributed by atoms with van der Waals surface area (Å²) in [5.41, 5.74) is 4.95. The monoisotopic (exact) mass is 288 g/mol. The SMILES string of the molecule is CCCn1nc(-c2cc(C)ccc2C)cc(CS)c1=O. The minimum Gasteiger partial charge on any atom is -0.267 e. The van der Waals surface area contributed by atoms with Crippen LogP contribution in [0.15, 0.2) is 29.1 Å². The summed E-state index contributed by atoms with van der Waals surface area (Å²) < 4.78 is 1.56. The van der Waals surface area contributed by atoms with Crippen molar-refractivity contribution >= 4 is 12.6 Å². The van der Waals surface area contributed by atoms with E-state index in [4.69, 9.17) is 0 Å². The smallest absolute Gasteiger partial charge is 0.267 e. The zero-order chi connectivity index (χ0) is 14.7. The van der Waals surface area contributed by atoms with Crippen LogP contribution in [-0.4, -0.2) is 9.78 Å². The summed E-state index contributed by atoms with van der Waals surface area (Å²) in [5, 5.41) is 4.51. The molecule has 4 heteroatoms. The Morgan fingerprint density at radius 3 is 2.65 bits per heavy atom. The Morgan fingerprint density at radius 2 is 2.00 bits per heavy atom. The summed E-state index contributed by atoms with van der Waals surface area (Å²) >= 11 is 4.26. The predicted octanol–water partition coefficient (Wildman–Crippen LogP) is 3.37. The molecule has 0 aliphatic rings. The highest BCUT2D eigenvalue weighted by atomic mass is 32.1. The van der Waals surface area contributed by atoms with Crippen molar-refractivity contribution in [3.63, 3.8) is 0 Å². The maximum Gasteiger partial charge on any atom is 0.270 e. The van der Waals surface area contributed by atoms with Gasteiger partial charge >= 0.3 is 0 Å². The molecule has 0 saturated heterocycles. The zero-order valence-electron chi connectivity index (χ0n) is 12.2. The molecule has 0 aliphatic carbocycles. The van der Waals surface area contributed by atoms with Crippen LogP contribution < -0.4 is 5.56 Å². The minimum absolute atomic E-state index is 0.0316. The van der Waals surface area contributed by atoms with Crippen molar-refractivity contribution in [1.82, 2.24) is 9.78 Å². The van der Waals surface area contributed by atoms with Crippen LogP contribution in [-0.2, 0) is 12.3 Å². The first-order valence-corrected chi connectivity index (χ1v) is 7.49. The van der Waals surface area contributed by atoms with E-state index in [1.165, 1.54) is 5.56 Å². The third kappa shape index (κ3) is 2.96. The van der Waals surface area contributed by atoms with Gasteiger partial charge in [0, 0.05) is 23.4 Å². The van der Waals surface area contributed by atoms with Gasteiger partial charge in [0.2, 0.25) is 0 Å². The van der Waals surface area contributed by atoms with Crippen LogP contribution in [0, 0.1) is 13.8 Å². The molecule has 0 unspecified atom stereocenters. The van der Waals surface area contributed by atoms with Crippen LogP contribution in [0.25, 0.3) is 11.3 Å². The van der Waals surface area contributed by atoms with Crippen molar-refractivity contribution < 1.29 is 0 Å². The molecule has 0 radical (unpaired) electrons. The van der Waals surface area contributed by atoms with Crippen LogP contribution in [0.1, 0.15) is 30.0 Å². The van der Waals surface area contributed by atoms with Crippen LogP contribution in [0.5, 0.6) is 0 Å². The number of aromatic nitrogens is 2. The van der Waals surface area contributed by atoms with Gasteiger partial charge in [0.1, 0.15) is 0 Å². The van der Waals surface area contributed by atoms with Gasteiger partial charge in [0.15, 0.2) is 0 Å². The lowest BCUT2D eigenvalue weighted by molar-refractivity contribution is 0.567. The third-order valence-electron chi connectivity index (χ3n) is 3.32. The molecule has 0 amide bonds. The molecular weight excluding hydrogens is 268 g/mol. The van der Waals surface area contributed by atoms with Gasteiger partial charge in [0.05, 0.1) is 5.69 Å². The minimum atomic E-state index is -0.0316. The second-order valence-electron chi connectivity index (χ2n) is 5.06. The lowest BCUT2D eigenvalue weighted by atomic mass is 10.0. The van der Waals surface area contributed by atoms with E-state index in [2.05, 4.69) is 49.8 Å². The lowest BCUT2D eigenvalue weighted by Gasteiger charge is -2.11. The Morgan fingerprint density at radius 1 is 1.25 bits per heavy atom. The highest BCUT2D eigenvalue weighted by molar-refractivity contribution is 7.79. The Hall–Kier alpha value is -1.55. The fourth-order valence-electron chi connectivity index (χ4n) is 2.22. The lowest BCUT2D eigenvalue weighted by Crippen LogP contribution is -2.26. The molecule has 1 aromatic carbocycles. The van der Waals surface area contributed by atoms with E-state index in [0.29, 0.717) is 17.9 Å². The predicted molar refractivity (Wildman–Crippen MR) is 86.4 cm³/mol. The summed E-state index contributed by atoms with van der Waals surface area (Å²) in [5.74, 6) is 0.433. The topological polar surface area (TPSA) is 34.9 Å². The van der Waals surface area contributed by atoms with Gasteiger partial charge in [-0.05, 0) is 38.0 Å². The van der Waals surface area contributed by atoms with E-state index in [9.17, 15) is 4.79 Å². The molecule has 0 fully saturated rings. The van der Waals surface area contributed by atoms with Gasteiger partial charge < -0.3 is 0 Å². The molecule has 2 aromatic rings. The Labute approximate surface area is 125 Å². The fraction of sp³-hybridized carbons (Fsp3) is 0.375. The van der Waals surface area contributed by atoms with Crippen molar-refractivity contribution in [2.75, 3.05) is 0 Å². The van der Waals surface area contributed by atoms with E-state index in [1.807, 2.05) is 13.0 Å². The van der Waals surface area contributed by atoms with Crippen molar-refractivity contribution in [3.8, 4) is 11.3 Å². The molecule has 1 aromatic heterocycles. The molecule has 0 spiro atoms. The molecular formula is C16H20N2OS. The molecule has 0 saturated carbocycles. The average molecular weight is 288 g/mol. The van der Waals surface area contributed by atoms with E-state index in [1.54, 1.807) is 4.68 Å². The summed E-state index contributed by atoms with van der Waals surface area (Å²) in [4.78, 5) is 12.2. The summed E-state index contributed by atoms with van der Waals surface area (Å²) in [7, 11) is 0. The molecule has 0 N–H and O–H groups in total. The number of rotatable bonds is 4. The molecule has 106 valence electrons. The quantitative estimate of drug-likeness (QED) is 0.875. The summed E-state index contributed by atoms with van der Waals surface area (Å²) in [6, 6.07) is 8.15. The van der Waals surface area contributed by atoms with Crippen molar-refractivity contribution in [3.05, 3.63) is 51.3 Å². The van der Waals surface area contributed by atoms with Gasteiger partial charge in [0.25, 0.3) is 5.56 Å². The third-order valence-corrected chi connectivity index (χ3v) is 3.66. The Kier molecular flexibility index (Phi) is 4.65. The Bertz CT molecular complexity index is 677. The zero-order valence-corrected chi connectivity index (χ0v) is 13.1. The van der Waals surface area contributed by atoms with Crippen molar-refractivity contribution in [2.24, 2.45) is 0 Å². The molecule has 1 heterocycles. The molecule has 2 rings (SSSR count). The molecule has 0 bridgehead atoms. The van der Waals surface area contributed by atoms with Crippen molar-refractivity contribution in [1.29, 1.82) is 0 Å². The number of nitrogens with zero attached hydrogens (tertiary/aromatic N) is 2. The summed E-state index contributed by atoms with van der Waals surface area (Å²) in [6.07, 6.45) is 0.884. The maximum absolute atomic E-state index is 12.2. The van der Waals surface area contributed by atoms with Crippen LogP contribution in [0.2, 0.25) is 0 Å². The second-order valence-corrected chi connectivity index (χ2v) is 5.38. The molecule has 0 atom stereocenters. The van der Waals surface area contributed by atoms with Gasteiger partial charge in [-0.2, -0.15) is 17.7 Å². The number of hydrogen-bond acceptors (Lipinski definition) is 3. The first kappa shape index (κ1) is 14.9. The molecule has 3 nitrogen and oxygen atoms in total. The van der Waals surface area contributed by atoms with Gasteiger partial charge in [-0.3, -0.25) is 4.79 Å². The van der Waals surface area contributed by atoms with Gasteiger partial charge in [-0.15, -0.1) is 0 Å². The average Bonchev–Trinajstić information content (AvgIpc) is 2.44. The van der Waals surface area contributed by atoms with Crippen LogP contribution >= 0.6 is 12.6 Å². The summed E-state index contributed by atoms with van der Waals surface area (Å²) in [6.45, 7) is 6.80. The van der Waals surface area contributed by atoms with Crippen LogP contribution in [0.4, 0.5) is 0 Å². The second kappa shape index (κ2) is 6.27. The largest absolute Gasteiger partial charge is 0.270 e. The Balaban J connectivity index is 2.65. The molecule has 20 heavy (non-hydrogen) atoms. The number of thiol groups is 1. The van der Waals surface area contributed by atoms with Gasteiger partial charge in [-0.25, -0.2) is 4.68 Å². The molecule has 0 aliphatic heterocycles. The standard InChI is InChI=1S/C16H20N2OS/c1-4-7-18-16(19)13(10-20)9-15(17-18)14-8-11(2)5-6-12(14)3/h5-6,8-9,20H,4,7,10H2,1-3H3. The van der Waals surface area contributed by atoms with Gasteiger partial charge in [-0.1, -0.05) is 24.6 Å². The highest BCUT2D eigenvalue weighted by Gasteiger charge is 2.10. The first-order valence-electron chi connectivity index (χ1n) is 6.86. The highest BCUT2D eigenvalue weighted by Crippen LogP contribution is 2.22. The fourth-order valence-corrected chi connectivity index (χ4v) is 2.44. The maximum atomic E-state index is 12.2. The first-order chi connectivity index (χ1) is 9.56. The van der Waals surface area contributed by atoms with Crippen molar-refractivity contribution in [2.45, 2.75) is 39.5 Å². The van der Waals surface area contributed by atoms with E-state index >= 15 is 0 Å². The number of hydrogen-bond donors (Lipinski definition) is 1. The normalized spacial score (nSPS) is 10.8. The van der Waals surface area contributed by atoms with E-state index < -0.39 is 0 Å².